The van der Waals surface area contributed by atoms with E-state index in [0.717, 1.165) is 9.13 Å². The van der Waals surface area contributed by atoms with Crippen molar-refractivity contribution in [1.82, 2.24) is 18.7 Å². The minimum atomic E-state index is -3.90. The third kappa shape index (κ3) is 2.61. The minimum absolute atomic E-state index is 0.000336. The molecule has 3 aromatic heterocycles. The lowest BCUT2D eigenvalue weighted by Crippen LogP contribution is -2.37. The van der Waals surface area contributed by atoms with Crippen LogP contribution in [0.25, 0.3) is 11.2 Å². The van der Waals surface area contributed by atoms with Crippen molar-refractivity contribution in [2.45, 2.75) is 10.9 Å². The Morgan fingerprint density at radius 3 is 2.28 bits per heavy atom. The van der Waals surface area contributed by atoms with Crippen molar-refractivity contribution in [2.75, 3.05) is 0 Å². The van der Waals surface area contributed by atoms with Crippen LogP contribution in [0.2, 0.25) is 0 Å². The number of sulfone groups is 1. The fourth-order valence-corrected chi connectivity index (χ4v) is 4.09. The van der Waals surface area contributed by atoms with E-state index in [0.29, 0.717) is 10.3 Å². The highest BCUT2D eigenvalue weighted by Gasteiger charge is 2.26. The number of fused-ring (bicyclic) bond motifs is 1. The Morgan fingerprint density at radius 2 is 1.68 bits per heavy atom. The van der Waals surface area contributed by atoms with Crippen molar-refractivity contribution in [1.29, 1.82) is 0 Å². The normalized spacial score (nSPS) is 12.0. The molecule has 0 aliphatic rings. The van der Waals surface area contributed by atoms with E-state index in [4.69, 9.17) is 0 Å². The van der Waals surface area contributed by atoms with Crippen LogP contribution in [0.5, 0.6) is 0 Å². The van der Waals surface area contributed by atoms with Gasteiger partial charge in [-0.25, -0.2) is 13.2 Å². The van der Waals surface area contributed by atoms with Crippen molar-refractivity contribution in [3.8, 4) is 0 Å². The molecule has 0 aliphatic carbocycles. The summed E-state index contributed by atoms with van der Waals surface area (Å²) in [5.41, 5.74) is -0.793. The fourth-order valence-electron chi connectivity index (χ4n) is 2.60. The molecule has 0 atom stereocenters. The monoisotopic (exact) mass is 365 g/mol. The van der Waals surface area contributed by atoms with Crippen LogP contribution < -0.4 is 16.0 Å². The number of hydrogen-bond donors (Lipinski definition) is 0. The fraction of sp³-hybridized carbons (Fsp3) is 0.286. The summed E-state index contributed by atoms with van der Waals surface area (Å²) in [6.07, 6.45) is 2.39. The van der Waals surface area contributed by atoms with Gasteiger partial charge in [0, 0.05) is 33.3 Å². The maximum Gasteiger partial charge on any atom is 0.332 e. The first-order chi connectivity index (χ1) is 11.6. The Balaban J connectivity index is 2.22. The molecule has 0 saturated heterocycles. The third-order valence-electron chi connectivity index (χ3n) is 3.94. The zero-order valence-electron chi connectivity index (χ0n) is 13.7. The molecule has 0 radical (unpaired) electrons. The molecule has 10 nitrogen and oxygen atoms in total. The molecule has 25 heavy (non-hydrogen) atoms. The molecule has 0 saturated carbocycles. The van der Waals surface area contributed by atoms with Gasteiger partial charge < -0.3 is 9.77 Å². The Bertz CT molecular complexity index is 1200. The van der Waals surface area contributed by atoms with E-state index in [-0.39, 0.29) is 22.1 Å². The first kappa shape index (κ1) is 16.9. The van der Waals surface area contributed by atoms with E-state index in [1.165, 1.54) is 50.2 Å². The van der Waals surface area contributed by atoms with Crippen LogP contribution in [-0.2, 0) is 36.7 Å². The lowest BCUT2D eigenvalue weighted by atomic mass is 10.3. The number of aryl methyl sites for hydroxylation is 2. The second-order valence-electron chi connectivity index (χ2n) is 5.66. The third-order valence-corrected chi connectivity index (χ3v) is 5.58. The van der Waals surface area contributed by atoms with Gasteiger partial charge in [-0.05, 0) is 5.56 Å². The molecule has 0 aromatic carbocycles. The second-order valence-corrected chi connectivity index (χ2v) is 7.54. The van der Waals surface area contributed by atoms with Crippen molar-refractivity contribution >= 4 is 21.0 Å². The van der Waals surface area contributed by atoms with Gasteiger partial charge in [-0.2, -0.15) is 9.71 Å². The van der Waals surface area contributed by atoms with Gasteiger partial charge in [-0.15, -0.1) is 0 Å². The summed E-state index contributed by atoms with van der Waals surface area (Å²) in [7, 11) is 0.234. The highest BCUT2D eigenvalue weighted by atomic mass is 32.2. The number of nitrogens with zero attached hydrogens (tertiary/aromatic N) is 5. The Hall–Kier alpha value is -2.95. The van der Waals surface area contributed by atoms with Crippen molar-refractivity contribution < 1.29 is 13.1 Å². The maximum atomic E-state index is 12.7. The van der Waals surface area contributed by atoms with Gasteiger partial charge in [0.2, 0.25) is 15.0 Å². The Labute approximate surface area is 141 Å². The summed E-state index contributed by atoms with van der Waals surface area (Å²) in [4.78, 5) is 28.3. The molecule has 0 N–H and O–H groups in total. The molecule has 11 heteroatoms. The van der Waals surface area contributed by atoms with Gasteiger partial charge in [0.25, 0.3) is 5.56 Å². The van der Waals surface area contributed by atoms with Crippen LogP contribution in [0.3, 0.4) is 0 Å². The molecule has 0 aliphatic heterocycles. The molecule has 3 aromatic rings. The van der Waals surface area contributed by atoms with Gasteiger partial charge in [0.05, 0.1) is 5.75 Å². The molecule has 3 heterocycles. The van der Waals surface area contributed by atoms with E-state index < -0.39 is 21.1 Å². The number of rotatable bonds is 3. The molecular formula is C14H15N5O5S. The molecule has 0 unspecified atom stereocenters. The van der Waals surface area contributed by atoms with Gasteiger partial charge in [0.15, 0.2) is 23.6 Å². The molecule has 3 rings (SSSR count). The second kappa shape index (κ2) is 5.55. The molecule has 0 spiro atoms. The van der Waals surface area contributed by atoms with Crippen LogP contribution >= 0.6 is 0 Å². The van der Waals surface area contributed by atoms with Crippen molar-refractivity contribution in [3.63, 3.8) is 0 Å². The number of imidazole rings is 1. The zero-order valence-corrected chi connectivity index (χ0v) is 14.5. The van der Waals surface area contributed by atoms with Crippen LogP contribution in [0.1, 0.15) is 5.56 Å². The molecule has 0 bridgehead atoms. The summed E-state index contributed by atoms with van der Waals surface area (Å²) in [6.45, 7) is 0. The smallest absolute Gasteiger partial charge is 0.332 e. The van der Waals surface area contributed by atoms with Crippen LogP contribution in [0, 0.1) is 5.21 Å². The van der Waals surface area contributed by atoms with Gasteiger partial charge in [0.1, 0.15) is 0 Å². The van der Waals surface area contributed by atoms with Gasteiger partial charge in [-0.3, -0.25) is 13.9 Å². The van der Waals surface area contributed by atoms with Crippen molar-refractivity contribution in [2.24, 2.45) is 21.1 Å². The minimum Gasteiger partial charge on any atom is -0.619 e. The van der Waals surface area contributed by atoms with Crippen LogP contribution in [-0.4, -0.2) is 27.1 Å². The lowest BCUT2D eigenvalue weighted by molar-refractivity contribution is -0.605. The highest BCUT2D eigenvalue weighted by molar-refractivity contribution is 7.90. The maximum absolute atomic E-state index is 12.7. The van der Waals surface area contributed by atoms with E-state index in [2.05, 4.69) is 4.98 Å². The topological polar surface area (TPSA) is 123 Å². The Morgan fingerprint density at radius 1 is 1.08 bits per heavy atom. The average molecular weight is 365 g/mol. The van der Waals surface area contributed by atoms with E-state index >= 15 is 0 Å². The standard InChI is InChI=1S/C14H15N5O5S/c1-16-10-11(17(2)14(21)18(3)12(10)20)15-13(16)25(23,24)8-9-4-6-19(22)7-5-9/h4-7H,8H2,1-3H3. The van der Waals surface area contributed by atoms with Crippen LogP contribution in [0.4, 0.5) is 0 Å². The highest BCUT2D eigenvalue weighted by Crippen LogP contribution is 2.18. The molecule has 0 fully saturated rings. The predicted octanol–water partition coefficient (Wildman–Crippen LogP) is -1.42. The van der Waals surface area contributed by atoms with Gasteiger partial charge >= 0.3 is 5.69 Å². The van der Waals surface area contributed by atoms with E-state index in [1.54, 1.807) is 0 Å². The number of aromatic nitrogens is 5. The number of pyridine rings is 1. The summed E-state index contributed by atoms with van der Waals surface area (Å²) < 4.78 is 29.1. The average Bonchev–Trinajstić information content (AvgIpc) is 2.91. The molecular weight excluding hydrogens is 350 g/mol. The Kier molecular flexibility index (Phi) is 3.75. The summed E-state index contributed by atoms with van der Waals surface area (Å²) >= 11 is 0. The largest absolute Gasteiger partial charge is 0.619 e. The van der Waals surface area contributed by atoms with E-state index in [9.17, 15) is 23.2 Å². The first-order valence-corrected chi connectivity index (χ1v) is 8.81. The SMILES string of the molecule is Cn1c(=O)c2c(nc(S(=O)(=O)Cc3cc[n+]([O-])cc3)n2C)n(C)c1=O. The molecule has 132 valence electrons. The zero-order chi connectivity index (χ0) is 18.5. The van der Waals surface area contributed by atoms with E-state index in [1.807, 2.05) is 0 Å². The summed E-state index contributed by atoms with van der Waals surface area (Å²) in [5, 5.41) is 10.7. The summed E-state index contributed by atoms with van der Waals surface area (Å²) in [5.74, 6) is -0.390. The quantitative estimate of drug-likeness (QED) is 0.414. The van der Waals surface area contributed by atoms with Gasteiger partial charge in [-0.1, -0.05) is 0 Å². The first-order valence-electron chi connectivity index (χ1n) is 7.16. The number of hydrogen-bond acceptors (Lipinski definition) is 6. The predicted molar refractivity (Wildman–Crippen MR) is 87.5 cm³/mol. The van der Waals surface area contributed by atoms with Crippen LogP contribution in [0.15, 0.2) is 39.3 Å². The lowest BCUT2D eigenvalue weighted by Gasteiger charge is -2.05. The summed E-state index contributed by atoms with van der Waals surface area (Å²) in [6, 6.07) is 2.78. The van der Waals surface area contributed by atoms with Crippen molar-refractivity contribution in [3.05, 3.63) is 56.1 Å². The molecule has 0 amide bonds.